The molecule has 26 heavy (non-hydrogen) atoms. The van der Waals surface area contributed by atoms with Gasteiger partial charge < -0.3 is 4.90 Å². The molecule has 2 unspecified atom stereocenters. The Bertz CT molecular complexity index is 804. The van der Waals surface area contributed by atoms with Gasteiger partial charge in [0.25, 0.3) is 0 Å². The van der Waals surface area contributed by atoms with Gasteiger partial charge in [0.15, 0.2) is 5.78 Å². The molecule has 1 saturated carbocycles. The Kier molecular flexibility index (Phi) is 3.97. The molecule has 2 heteroatoms. The van der Waals surface area contributed by atoms with Gasteiger partial charge in [0.1, 0.15) is 0 Å². The van der Waals surface area contributed by atoms with Crippen molar-refractivity contribution in [2.24, 2.45) is 11.3 Å². The van der Waals surface area contributed by atoms with Crippen LogP contribution in [0, 0.1) is 11.3 Å². The van der Waals surface area contributed by atoms with Gasteiger partial charge in [-0.05, 0) is 68.7 Å². The maximum atomic E-state index is 13.2. The predicted molar refractivity (Wildman–Crippen MR) is 104 cm³/mol. The molecule has 2 aromatic rings. The summed E-state index contributed by atoms with van der Waals surface area (Å²) in [5, 5.41) is 0. The maximum Gasteiger partial charge on any atom is 0.169 e. The average Bonchev–Trinajstić information content (AvgIpc) is 3.46. The van der Waals surface area contributed by atoms with Crippen molar-refractivity contribution < 1.29 is 4.79 Å². The maximum absolute atomic E-state index is 13.2. The zero-order valence-corrected chi connectivity index (χ0v) is 15.4. The second-order valence-electron chi connectivity index (χ2n) is 8.56. The largest absolute Gasteiger partial charge is 0.300 e. The molecule has 2 nitrogen and oxygen atoms in total. The lowest BCUT2D eigenvalue weighted by atomic mass is 9.65. The van der Waals surface area contributed by atoms with Crippen LogP contribution in [0.3, 0.4) is 0 Å². The normalized spacial score (nSPS) is 27.3. The Morgan fingerprint density at radius 1 is 0.923 bits per heavy atom. The minimum atomic E-state index is -0.0747. The first-order valence-corrected chi connectivity index (χ1v) is 10.2. The molecule has 0 N–H and O–H groups in total. The Morgan fingerprint density at radius 3 is 2.46 bits per heavy atom. The summed E-state index contributed by atoms with van der Waals surface area (Å²) in [4.78, 5) is 15.8. The summed E-state index contributed by atoms with van der Waals surface area (Å²) in [6, 6.07) is 19.9. The molecule has 2 aromatic carbocycles. The molecule has 1 saturated heterocycles. The van der Waals surface area contributed by atoms with Gasteiger partial charge in [-0.2, -0.15) is 0 Å². The minimum absolute atomic E-state index is 0.0747. The van der Waals surface area contributed by atoms with Crippen molar-refractivity contribution in [2.45, 2.75) is 44.6 Å². The quantitative estimate of drug-likeness (QED) is 0.815. The van der Waals surface area contributed by atoms with Crippen LogP contribution in [0.2, 0.25) is 0 Å². The number of carbonyl (C=O) groups excluding carboxylic acids is 1. The van der Waals surface area contributed by atoms with E-state index in [-0.39, 0.29) is 5.41 Å². The molecule has 1 heterocycles. The number of hydrogen-bond acceptors (Lipinski definition) is 2. The SMILES string of the molecule is O=C1c2ccccc2CCC12CCN(C1CC1Cc1ccccc1)CC2. The fraction of sp³-hybridized carbons (Fsp3) is 0.458. The molecule has 1 spiro atoms. The predicted octanol–water partition coefficient (Wildman–Crippen LogP) is 4.53. The molecule has 2 atom stereocenters. The van der Waals surface area contributed by atoms with E-state index in [1.54, 1.807) is 0 Å². The molecular formula is C24H27NO. The molecule has 5 rings (SSSR count). The number of fused-ring (bicyclic) bond motifs is 1. The van der Waals surface area contributed by atoms with Gasteiger partial charge in [-0.15, -0.1) is 0 Å². The van der Waals surface area contributed by atoms with Gasteiger partial charge in [-0.1, -0.05) is 54.6 Å². The molecule has 134 valence electrons. The summed E-state index contributed by atoms with van der Waals surface area (Å²) in [7, 11) is 0. The highest BCUT2D eigenvalue weighted by Gasteiger charge is 2.48. The third kappa shape index (κ3) is 2.81. The fourth-order valence-electron chi connectivity index (χ4n) is 5.31. The van der Waals surface area contributed by atoms with Crippen molar-refractivity contribution in [1.29, 1.82) is 0 Å². The van der Waals surface area contributed by atoms with Gasteiger partial charge in [-0.25, -0.2) is 0 Å². The first-order chi connectivity index (χ1) is 12.8. The smallest absolute Gasteiger partial charge is 0.169 e. The number of hydrogen-bond donors (Lipinski definition) is 0. The van der Waals surface area contributed by atoms with Crippen molar-refractivity contribution in [1.82, 2.24) is 4.90 Å². The third-order valence-corrected chi connectivity index (χ3v) is 7.07. The van der Waals surface area contributed by atoms with Crippen molar-refractivity contribution >= 4 is 5.78 Å². The van der Waals surface area contributed by atoms with E-state index in [4.69, 9.17) is 0 Å². The first kappa shape index (κ1) is 16.3. The van der Waals surface area contributed by atoms with Gasteiger partial charge in [0, 0.05) is 17.0 Å². The van der Waals surface area contributed by atoms with Crippen molar-refractivity contribution in [3.05, 3.63) is 71.3 Å². The number of Topliss-reactive ketones (excluding diaryl/α,β-unsaturated/α-hetero) is 1. The molecular weight excluding hydrogens is 318 g/mol. The van der Waals surface area contributed by atoms with Crippen LogP contribution in [-0.4, -0.2) is 29.8 Å². The summed E-state index contributed by atoms with van der Waals surface area (Å²) < 4.78 is 0. The molecule has 3 aliphatic rings. The highest BCUT2D eigenvalue weighted by atomic mass is 16.1. The lowest BCUT2D eigenvalue weighted by Gasteiger charge is -2.43. The van der Waals surface area contributed by atoms with Crippen molar-refractivity contribution in [3.63, 3.8) is 0 Å². The number of likely N-dealkylation sites (tertiary alicyclic amines) is 1. The van der Waals surface area contributed by atoms with Gasteiger partial charge in [0.2, 0.25) is 0 Å². The van der Waals surface area contributed by atoms with Gasteiger partial charge in [0.05, 0.1) is 0 Å². The van der Waals surface area contributed by atoms with E-state index in [9.17, 15) is 4.79 Å². The van der Waals surface area contributed by atoms with Crippen LogP contribution in [0.1, 0.15) is 47.2 Å². The first-order valence-electron chi connectivity index (χ1n) is 10.2. The van der Waals surface area contributed by atoms with Crippen LogP contribution in [0.5, 0.6) is 0 Å². The van der Waals surface area contributed by atoms with Crippen LogP contribution < -0.4 is 0 Å². The average molecular weight is 345 g/mol. The van der Waals surface area contributed by atoms with E-state index >= 15 is 0 Å². The van der Waals surface area contributed by atoms with Crippen molar-refractivity contribution in [3.8, 4) is 0 Å². The molecule has 0 radical (unpaired) electrons. The van der Waals surface area contributed by atoms with E-state index in [1.165, 1.54) is 24.0 Å². The van der Waals surface area contributed by atoms with Crippen LogP contribution >= 0.6 is 0 Å². The monoisotopic (exact) mass is 345 g/mol. The number of ketones is 1. The Labute approximate surface area is 156 Å². The summed E-state index contributed by atoms with van der Waals surface area (Å²) in [5.74, 6) is 1.24. The number of rotatable bonds is 3. The molecule has 0 bridgehead atoms. The van der Waals surface area contributed by atoms with Crippen LogP contribution in [0.15, 0.2) is 54.6 Å². The number of aryl methyl sites for hydroxylation is 1. The van der Waals surface area contributed by atoms with E-state index in [1.807, 2.05) is 12.1 Å². The lowest BCUT2D eigenvalue weighted by Crippen LogP contribution is -2.47. The van der Waals surface area contributed by atoms with Crippen molar-refractivity contribution in [2.75, 3.05) is 13.1 Å². The van der Waals surface area contributed by atoms with Gasteiger partial charge in [-0.3, -0.25) is 4.79 Å². The summed E-state index contributed by atoms with van der Waals surface area (Å²) in [6.07, 6.45) is 6.76. The Balaban J connectivity index is 1.22. The van der Waals surface area contributed by atoms with Crippen LogP contribution in [0.25, 0.3) is 0 Å². The highest BCUT2D eigenvalue weighted by Crippen LogP contribution is 2.47. The van der Waals surface area contributed by atoms with E-state index < -0.39 is 0 Å². The molecule has 0 amide bonds. The van der Waals surface area contributed by atoms with Crippen LogP contribution in [-0.2, 0) is 12.8 Å². The third-order valence-electron chi connectivity index (χ3n) is 7.07. The molecule has 2 aliphatic carbocycles. The molecule has 1 aliphatic heterocycles. The Morgan fingerprint density at radius 2 is 1.65 bits per heavy atom. The van der Waals surface area contributed by atoms with E-state index in [2.05, 4.69) is 47.4 Å². The Hall–Kier alpha value is -1.93. The van der Waals surface area contributed by atoms with E-state index in [0.29, 0.717) is 5.78 Å². The summed E-state index contributed by atoms with van der Waals surface area (Å²) in [6.45, 7) is 2.20. The lowest BCUT2D eigenvalue weighted by molar-refractivity contribution is 0.0518. The second kappa shape index (κ2) is 6.35. The van der Waals surface area contributed by atoms with Crippen LogP contribution in [0.4, 0.5) is 0 Å². The summed E-state index contributed by atoms with van der Waals surface area (Å²) >= 11 is 0. The second-order valence-corrected chi connectivity index (χ2v) is 8.56. The number of carbonyl (C=O) groups is 1. The number of benzene rings is 2. The summed E-state index contributed by atoms with van der Waals surface area (Å²) in [5.41, 5.74) is 3.65. The minimum Gasteiger partial charge on any atom is -0.300 e. The topological polar surface area (TPSA) is 20.3 Å². The highest BCUT2D eigenvalue weighted by molar-refractivity contribution is 6.02. The molecule has 0 aromatic heterocycles. The van der Waals surface area contributed by atoms with E-state index in [0.717, 1.165) is 56.3 Å². The molecule has 2 fully saturated rings. The standard InChI is InChI=1S/C24H27NO/c26-23-21-9-5-4-8-19(21)10-11-24(23)12-14-25(15-13-24)22-17-20(22)16-18-6-2-1-3-7-18/h1-9,20,22H,10-17H2. The zero-order chi connectivity index (χ0) is 17.6. The number of piperidine rings is 1. The number of nitrogens with zero attached hydrogens (tertiary/aromatic N) is 1. The fourth-order valence-corrected chi connectivity index (χ4v) is 5.31. The van der Waals surface area contributed by atoms with Gasteiger partial charge >= 0.3 is 0 Å². The zero-order valence-electron chi connectivity index (χ0n) is 15.4.